The van der Waals surface area contributed by atoms with Crippen LogP contribution in [0.4, 0.5) is 4.39 Å². The number of aryl methyl sites for hydroxylation is 1. The van der Waals surface area contributed by atoms with Gasteiger partial charge in [0.05, 0.1) is 25.3 Å². The Morgan fingerprint density at radius 3 is 2.45 bits per heavy atom. The Balaban J connectivity index is 1.15. The van der Waals surface area contributed by atoms with Gasteiger partial charge in [-0.1, -0.05) is 17.7 Å². The first-order chi connectivity index (χ1) is 18.3. The summed E-state index contributed by atoms with van der Waals surface area (Å²) in [6.45, 7) is 5.37. The molecule has 0 radical (unpaired) electrons. The molecule has 6 rings (SSSR count). The first-order valence-electron chi connectivity index (χ1n) is 13.2. The predicted octanol–water partition coefficient (Wildman–Crippen LogP) is 4.60. The maximum atomic E-state index is 14.6. The third-order valence-corrected chi connectivity index (χ3v) is 8.45. The highest BCUT2D eigenvalue weighted by atomic mass is 35.5. The van der Waals surface area contributed by atoms with Crippen molar-refractivity contribution in [3.8, 4) is 0 Å². The summed E-state index contributed by atoms with van der Waals surface area (Å²) in [5.41, 5.74) is 2.02. The third kappa shape index (κ3) is 4.61. The molecule has 0 N–H and O–H groups in total. The molecule has 3 saturated heterocycles. The van der Waals surface area contributed by atoms with Crippen LogP contribution in [0.1, 0.15) is 47.5 Å². The van der Waals surface area contributed by atoms with Crippen LogP contribution < -0.4 is 0 Å². The zero-order valence-electron chi connectivity index (χ0n) is 21.4. The normalized spacial score (nSPS) is 20.1. The summed E-state index contributed by atoms with van der Waals surface area (Å²) in [5, 5.41) is 0.305. The van der Waals surface area contributed by atoms with E-state index in [4.69, 9.17) is 25.5 Å². The number of piperidine rings is 2. The number of halogens is 2. The topological polar surface area (TPSA) is 77.2 Å². The minimum atomic E-state index is -0.508. The number of carbonyl (C=O) groups is 2. The van der Waals surface area contributed by atoms with Crippen LogP contribution in [0.15, 0.2) is 34.7 Å². The summed E-state index contributed by atoms with van der Waals surface area (Å²) in [6.07, 6.45) is 2.60. The second-order valence-corrected chi connectivity index (χ2v) is 10.8. The Kier molecular flexibility index (Phi) is 6.70. The van der Waals surface area contributed by atoms with Crippen molar-refractivity contribution in [2.45, 2.75) is 44.9 Å². The molecule has 3 aliphatic heterocycles. The van der Waals surface area contributed by atoms with Crippen molar-refractivity contribution in [1.82, 2.24) is 14.4 Å². The molecule has 0 bridgehead atoms. The molecule has 2 aromatic heterocycles. The van der Waals surface area contributed by atoms with Gasteiger partial charge in [0.15, 0.2) is 11.4 Å². The van der Waals surface area contributed by atoms with Crippen molar-refractivity contribution in [1.29, 1.82) is 0 Å². The molecule has 3 aliphatic rings. The number of amides is 2. The van der Waals surface area contributed by atoms with E-state index in [9.17, 15) is 14.0 Å². The fraction of sp³-hybridized carbons (Fsp3) is 0.500. The van der Waals surface area contributed by atoms with Gasteiger partial charge in [0.2, 0.25) is 5.91 Å². The van der Waals surface area contributed by atoms with Crippen molar-refractivity contribution >= 4 is 34.5 Å². The number of ether oxygens (including phenoxy) is 2. The Labute approximate surface area is 225 Å². The van der Waals surface area contributed by atoms with E-state index in [2.05, 4.69) is 0 Å². The molecule has 0 aliphatic carbocycles. The minimum absolute atomic E-state index is 0.105. The molecule has 5 heterocycles. The van der Waals surface area contributed by atoms with Crippen LogP contribution in [0.3, 0.4) is 0 Å². The number of likely N-dealkylation sites (tertiary alicyclic amines) is 2. The number of fused-ring (bicyclic) bond motifs is 1. The van der Waals surface area contributed by atoms with Gasteiger partial charge in [0.25, 0.3) is 5.91 Å². The lowest BCUT2D eigenvalue weighted by molar-refractivity contribution is -0.188. The number of benzene rings is 1. The summed E-state index contributed by atoms with van der Waals surface area (Å²) in [4.78, 5) is 30.6. The number of nitrogens with zero attached hydrogens (tertiary/aromatic N) is 3. The summed E-state index contributed by atoms with van der Waals surface area (Å²) in [7, 11) is 0. The molecule has 3 fully saturated rings. The van der Waals surface area contributed by atoms with Crippen molar-refractivity contribution in [3.63, 3.8) is 0 Å². The fourth-order valence-electron chi connectivity index (χ4n) is 5.96. The molecule has 3 aromatic rings. The van der Waals surface area contributed by atoms with Crippen LogP contribution >= 0.6 is 11.6 Å². The van der Waals surface area contributed by atoms with Crippen LogP contribution in [0, 0.1) is 18.7 Å². The Morgan fingerprint density at radius 2 is 1.76 bits per heavy atom. The molecule has 38 heavy (non-hydrogen) atoms. The predicted molar refractivity (Wildman–Crippen MR) is 139 cm³/mol. The number of carbonyl (C=O) groups excluding carboxylic acids is 2. The maximum absolute atomic E-state index is 14.6. The lowest BCUT2D eigenvalue weighted by atomic mass is 9.93. The van der Waals surface area contributed by atoms with E-state index in [0.717, 1.165) is 0 Å². The Morgan fingerprint density at radius 1 is 1.05 bits per heavy atom. The van der Waals surface area contributed by atoms with E-state index in [1.54, 1.807) is 27.7 Å². The van der Waals surface area contributed by atoms with Crippen molar-refractivity contribution in [3.05, 3.63) is 58.2 Å². The van der Waals surface area contributed by atoms with E-state index in [0.29, 0.717) is 98.2 Å². The van der Waals surface area contributed by atoms with Gasteiger partial charge in [-0.3, -0.25) is 9.59 Å². The average Bonchev–Trinajstić information content (AvgIpc) is 3.61. The fourth-order valence-corrected chi connectivity index (χ4v) is 6.18. The molecule has 202 valence electrons. The molecular formula is C28H31ClFN3O5. The van der Waals surface area contributed by atoms with E-state index >= 15 is 0 Å². The molecular weight excluding hydrogens is 513 g/mol. The zero-order chi connectivity index (χ0) is 26.4. The summed E-state index contributed by atoms with van der Waals surface area (Å²) in [6, 6.07) is 8.12. The van der Waals surface area contributed by atoms with E-state index in [1.165, 1.54) is 6.07 Å². The molecule has 1 aromatic carbocycles. The van der Waals surface area contributed by atoms with Crippen LogP contribution in [-0.2, 0) is 20.8 Å². The van der Waals surface area contributed by atoms with E-state index in [-0.39, 0.29) is 24.3 Å². The molecule has 0 saturated carbocycles. The van der Waals surface area contributed by atoms with Crippen LogP contribution in [0.25, 0.3) is 11.1 Å². The van der Waals surface area contributed by atoms with Gasteiger partial charge in [-0.05, 0) is 31.9 Å². The molecule has 2 amide bonds. The largest absolute Gasteiger partial charge is 0.460 e. The number of hydrogen-bond acceptors (Lipinski definition) is 5. The molecule has 8 nitrogen and oxygen atoms in total. The average molecular weight is 544 g/mol. The van der Waals surface area contributed by atoms with Gasteiger partial charge < -0.3 is 28.3 Å². The number of hydrogen-bond donors (Lipinski definition) is 0. The van der Waals surface area contributed by atoms with Crippen LogP contribution in [0.2, 0.25) is 5.02 Å². The van der Waals surface area contributed by atoms with Crippen LogP contribution in [0.5, 0.6) is 0 Å². The van der Waals surface area contributed by atoms with Gasteiger partial charge in [0.1, 0.15) is 17.3 Å². The van der Waals surface area contributed by atoms with Gasteiger partial charge >= 0.3 is 0 Å². The highest BCUT2D eigenvalue weighted by Crippen LogP contribution is 2.33. The maximum Gasteiger partial charge on any atom is 0.270 e. The minimum Gasteiger partial charge on any atom is -0.460 e. The van der Waals surface area contributed by atoms with Crippen LogP contribution in [-0.4, -0.2) is 71.4 Å². The van der Waals surface area contributed by atoms with Crippen molar-refractivity contribution < 1.29 is 27.9 Å². The first kappa shape index (κ1) is 25.4. The van der Waals surface area contributed by atoms with Gasteiger partial charge in [0, 0.05) is 67.7 Å². The smallest absolute Gasteiger partial charge is 0.270 e. The Bertz CT molecular complexity index is 1340. The molecule has 10 heteroatoms. The number of rotatable bonds is 4. The SMILES string of the molecule is Cc1cc2c(cc(C(=O)N3CCC(C(=O)N4CCC5(CC4)OCCO5)CC3)n2Cc2c(F)cccc2Cl)o1. The number of aromatic nitrogens is 1. The first-order valence-corrected chi connectivity index (χ1v) is 13.6. The van der Waals surface area contributed by atoms with Crippen molar-refractivity contribution in [2.24, 2.45) is 5.92 Å². The highest BCUT2D eigenvalue weighted by molar-refractivity contribution is 6.31. The summed E-state index contributed by atoms with van der Waals surface area (Å²) in [5.74, 6) is -0.352. The third-order valence-electron chi connectivity index (χ3n) is 8.09. The molecule has 0 unspecified atom stereocenters. The van der Waals surface area contributed by atoms with Crippen molar-refractivity contribution in [2.75, 3.05) is 39.4 Å². The summed E-state index contributed by atoms with van der Waals surface area (Å²) >= 11 is 6.31. The molecule has 0 atom stereocenters. The quantitative estimate of drug-likeness (QED) is 0.480. The second kappa shape index (κ2) is 10.0. The molecule has 1 spiro atoms. The standard InChI is InChI=1S/C28H31ClFN3O5/c1-18-15-23-25(38-18)16-24(33(23)17-20-21(29)3-2-4-22(20)30)27(35)31-9-5-19(6-10-31)26(34)32-11-7-28(8-12-32)36-13-14-37-28/h2-4,15-16,19H,5-14,17H2,1H3. The highest BCUT2D eigenvalue weighted by Gasteiger charge is 2.42. The lowest BCUT2D eigenvalue weighted by Gasteiger charge is -2.40. The lowest BCUT2D eigenvalue weighted by Crippen LogP contribution is -2.50. The van der Waals surface area contributed by atoms with E-state index < -0.39 is 11.6 Å². The number of furan rings is 1. The monoisotopic (exact) mass is 543 g/mol. The summed E-state index contributed by atoms with van der Waals surface area (Å²) < 4.78 is 33.7. The second-order valence-electron chi connectivity index (χ2n) is 10.4. The van der Waals surface area contributed by atoms with Gasteiger partial charge in [-0.15, -0.1) is 0 Å². The zero-order valence-corrected chi connectivity index (χ0v) is 22.1. The Hall–Kier alpha value is -2.88. The van der Waals surface area contributed by atoms with Gasteiger partial charge in [-0.25, -0.2) is 4.39 Å². The van der Waals surface area contributed by atoms with E-state index in [1.807, 2.05) is 17.9 Å². The van der Waals surface area contributed by atoms with Gasteiger partial charge in [-0.2, -0.15) is 0 Å².